The fourth-order valence-corrected chi connectivity index (χ4v) is 10.9. The first-order valence-corrected chi connectivity index (χ1v) is 22.5. The van der Waals surface area contributed by atoms with Crippen molar-refractivity contribution < 1.29 is 0 Å². The molecule has 2 aliphatic carbocycles. The molecule has 0 unspecified atom stereocenters. The van der Waals surface area contributed by atoms with Crippen LogP contribution >= 0.6 is 0 Å². The maximum absolute atomic E-state index is 2.58. The van der Waals surface area contributed by atoms with Crippen LogP contribution in [0.5, 0.6) is 0 Å². The second kappa shape index (κ2) is 16.0. The lowest BCUT2D eigenvalue weighted by atomic mass is 9.74. The standard InChI is InChI=1S/C58H52N2/c1-5-19-43(20-6-1)57-53-35-33-52(60(48-27-11-4-12-28-48)50-32-30-42-18-14-16-24-46(42)38-50)40-56(53)58(44-21-7-2-8-22-44)54-36-34-51(39-55(54)57)59(47-25-9-3-10-26-47)49-31-29-41-17-13-15-23-45(41)37-49/h3-4,9-18,23-40,43-44H,1-2,5-8,19-22H2. The molecule has 2 fully saturated rings. The molecule has 0 heterocycles. The summed E-state index contributed by atoms with van der Waals surface area (Å²) in [7, 11) is 0. The number of anilines is 6. The smallest absolute Gasteiger partial charge is 0.0468 e. The normalized spacial score (nSPS) is 15.2. The molecule has 0 aromatic heterocycles. The van der Waals surface area contributed by atoms with Gasteiger partial charge >= 0.3 is 0 Å². The molecule has 2 saturated carbocycles. The Labute approximate surface area is 354 Å². The summed E-state index contributed by atoms with van der Waals surface area (Å²) in [6, 6.07) is 68.3. The van der Waals surface area contributed by atoms with Crippen molar-refractivity contribution in [2.75, 3.05) is 9.80 Å². The maximum Gasteiger partial charge on any atom is 0.0468 e. The van der Waals surface area contributed by atoms with E-state index in [9.17, 15) is 0 Å². The van der Waals surface area contributed by atoms with Gasteiger partial charge in [-0.2, -0.15) is 0 Å². The molecule has 11 rings (SSSR count). The Bertz CT molecular complexity index is 2750. The molecule has 294 valence electrons. The van der Waals surface area contributed by atoms with Crippen molar-refractivity contribution in [3.05, 3.63) is 193 Å². The highest BCUT2D eigenvalue weighted by Gasteiger charge is 2.28. The van der Waals surface area contributed by atoms with E-state index >= 15 is 0 Å². The van der Waals surface area contributed by atoms with Crippen molar-refractivity contribution in [2.24, 2.45) is 0 Å². The molecule has 0 spiro atoms. The summed E-state index contributed by atoms with van der Waals surface area (Å²) in [4.78, 5) is 4.96. The Morgan fingerprint density at radius 2 is 0.617 bits per heavy atom. The van der Waals surface area contributed by atoms with Crippen molar-refractivity contribution >= 4 is 77.2 Å². The van der Waals surface area contributed by atoms with Crippen LogP contribution in [0.15, 0.2) is 182 Å². The fourth-order valence-electron chi connectivity index (χ4n) is 10.9. The molecule has 60 heavy (non-hydrogen) atoms. The monoisotopic (exact) mass is 776 g/mol. The second-order valence-corrected chi connectivity index (χ2v) is 17.4. The Hall–Kier alpha value is -6.38. The summed E-state index contributed by atoms with van der Waals surface area (Å²) in [5.41, 5.74) is 10.3. The van der Waals surface area contributed by atoms with Gasteiger partial charge in [0.05, 0.1) is 0 Å². The van der Waals surface area contributed by atoms with E-state index in [2.05, 4.69) is 192 Å². The van der Waals surface area contributed by atoms with Crippen LogP contribution in [0.4, 0.5) is 34.1 Å². The minimum atomic E-state index is 0.529. The van der Waals surface area contributed by atoms with Gasteiger partial charge in [0.25, 0.3) is 0 Å². The molecular weight excluding hydrogens is 725 g/mol. The summed E-state index contributed by atoms with van der Waals surface area (Å²) < 4.78 is 0. The molecule has 0 amide bonds. The van der Waals surface area contributed by atoms with E-state index in [4.69, 9.17) is 0 Å². The summed E-state index contributed by atoms with van der Waals surface area (Å²) in [6.45, 7) is 0. The van der Waals surface area contributed by atoms with E-state index in [1.807, 2.05) is 0 Å². The topological polar surface area (TPSA) is 6.48 Å². The van der Waals surface area contributed by atoms with Crippen molar-refractivity contribution in [2.45, 2.75) is 76.0 Å². The van der Waals surface area contributed by atoms with Gasteiger partial charge < -0.3 is 9.80 Å². The van der Waals surface area contributed by atoms with E-state index in [0.717, 1.165) is 0 Å². The molecule has 2 aliphatic rings. The average Bonchev–Trinajstić information content (AvgIpc) is 3.32. The van der Waals surface area contributed by atoms with Crippen molar-refractivity contribution in [1.82, 2.24) is 0 Å². The molecule has 0 radical (unpaired) electrons. The molecule has 0 bridgehead atoms. The molecule has 2 nitrogen and oxygen atoms in total. The van der Waals surface area contributed by atoms with Gasteiger partial charge in [-0.1, -0.05) is 148 Å². The third-order valence-electron chi connectivity index (χ3n) is 13.7. The van der Waals surface area contributed by atoms with Gasteiger partial charge in [-0.25, -0.2) is 0 Å². The van der Waals surface area contributed by atoms with Gasteiger partial charge in [0.15, 0.2) is 0 Å². The molecule has 0 saturated heterocycles. The number of fused-ring (bicyclic) bond motifs is 4. The average molecular weight is 777 g/mol. The molecule has 0 atom stereocenters. The van der Waals surface area contributed by atoms with Gasteiger partial charge in [-0.3, -0.25) is 0 Å². The fraction of sp³-hybridized carbons (Fsp3) is 0.207. The number of hydrogen-bond donors (Lipinski definition) is 0. The first kappa shape index (κ1) is 36.7. The highest BCUT2D eigenvalue weighted by molar-refractivity contribution is 6.09. The Kier molecular flexibility index (Phi) is 9.78. The van der Waals surface area contributed by atoms with E-state index < -0.39 is 0 Å². The lowest BCUT2D eigenvalue weighted by Crippen LogP contribution is -2.13. The van der Waals surface area contributed by atoms with Gasteiger partial charge in [0, 0.05) is 34.1 Å². The minimum Gasteiger partial charge on any atom is -0.310 e. The van der Waals surface area contributed by atoms with Crippen LogP contribution in [0.25, 0.3) is 43.1 Å². The molecule has 9 aromatic carbocycles. The van der Waals surface area contributed by atoms with Gasteiger partial charge in [0.1, 0.15) is 0 Å². The van der Waals surface area contributed by atoms with Crippen LogP contribution in [-0.2, 0) is 0 Å². The van der Waals surface area contributed by atoms with E-state index in [1.54, 1.807) is 11.1 Å². The van der Waals surface area contributed by atoms with Crippen LogP contribution in [0, 0.1) is 0 Å². The molecule has 0 aliphatic heterocycles. The highest BCUT2D eigenvalue weighted by Crippen LogP contribution is 2.50. The van der Waals surface area contributed by atoms with E-state index in [1.165, 1.54) is 141 Å². The SMILES string of the molecule is c1ccc(N(c2ccc3ccccc3c2)c2ccc3c(C4CCCCC4)c4cc(N(c5ccccc5)c5ccc6ccccc6c5)ccc4c(C4CCCCC4)c3c2)cc1. The van der Waals surface area contributed by atoms with Crippen LogP contribution in [0.2, 0.25) is 0 Å². The van der Waals surface area contributed by atoms with Crippen molar-refractivity contribution in [1.29, 1.82) is 0 Å². The van der Waals surface area contributed by atoms with E-state index in [0.29, 0.717) is 11.8 Å². The number of hydrogen-bond acceptors (Lipinski definition) is 2. The zero-order valence-electron chi connectivity index (χ0n) is 34.4. The minimum absolute atomic E-state index is 0.529. The number of benzene rings is 9. The first-order valence-electron chi connectivity index (χ1n) is 22.5. The lowest BCUT2D eigenvalue weighted by molar-refractivity contribution is 0.445. The Balaban J connectivity index is 1.17. The number of para-hydroxylation sites is 2. The molecule has 9 aromatic rings. The zero-order valence-corrected chi connectivity index (χ0v) is 34.4. The summed E-state index contributed by atoms with van der Waals surface area (Å²) >= 11 is 0. The largest absolute Gasteiger partial charge is 0.310 e. The third kappa shape index (κ3) is 6.79. The third-order valence-corrected chi connectivity index (χ3v) is 13.7. The van der Waals surface area contributed by atoms with Gasteiger partial charge in [-0.15, -0.1) is 0 Å². The number of nitrogens with zero attached hydrogens (tertiary/aromatic N) is 2. The highest BCUT2D eigenvalue weighted by atomic mass is 15.1. The predicted octanol–water partition coefficient (Wildman–Crippen LogP) is 17.3. The molecular formula is C58H52N2. The summed E-state index contributed by atoms with van der Waals surface area (Å²) in [6.07, 6.45) is 12.9. The van der Waals surface area contributed by atoms with Gasteiger partial charge in [0.2, 0.25) is 0 Å². The van der Waals surface area contributed by atoms with Crippen LogP contribution in [0.3, 0.4) is 0 Å². The van der Waals surface area contributed by atoms with E-state index in [-0.39, 0.29) is 0 Å². The number of rotatable bonds is 8. The predicted molar refractivity (Wildman–Crippen MR) is 257 cm³/mol. The van der Waals surface area contributed by atoms with Crippen LogP contribution in [-0.4, -0.2) is 0 Å². The maximum atomic E-state index is 2.58. The van der Waals surface area contributed by atoms with Crippen molar-refractivity contribution in [3.63, 3.8) is 0 Å². The van der Waals surface area contributed by atoms with Gasteiger partial charge in [-0.05, 0) is 165 Å². The zero-order chi connectivity index (χ0) is 39.8. The molecule has 0 N–H and O–H groups in total. The summed E-state index contributed by atoms with van der Waals surface area (Å²) in [5, 5.41) is 10.9. The Morgan fingerprint density at radius 3 is 1.03 bits per heavy atom. The quantitative estimate of drug-likeness (QED) is 0.142. The lowest BCUT2D eigenvalue weighted by Gasteiger charge is -2.32. The van der Waals surface area contributed by atoms with Crippen LogP contribution in [0.1, 0.15) is 87.2 Å². The summed E-state index contributed by atoms with van der Waals surface area (Å²) in [5.74, 6) is 1.06. The van der Waals surface area contributed by atoms with Crippen LogP contribution < -0.4 is 9.80 Å². The second-order valence-electron chi connectivity index (χ2n) is 17.4. The molecule has 2 heteroatoms. The van der Waals surface area contributed by atoms with Crippen molar-refractivity contribution in [3.8, 4) is 0 Å². The Morgan fingerprint density at radius 1 is 0.267 bits per heavy atom. The first-order chi connectivity index (χ1) is 29.8.